The fourth-order valence-electron chi connectivity index (χ4n) is 2.54. The fraction of sp³-hybridized carbons (Fsp3) is 0.615. The van der Waals surface area contributed by atoms with Crippen LogP contribution in [-0.2, 0) is 11.3 Å². The Balaban J connectivity index is 1.89. The molecule has 3 rings (SSSR count). The summed E-state index contributed by atoms with van der Waals surface area (Å²) in [7, 11) is 0. The number of hydrogen-bond acceptors (Lipinski definition) is 5. The van der Waals surface area contributed by atoms with Crippen LogP contribution < -0.4 is 5.32 Å². The number of fused-ring (bicyclic) bond motifs is 1. The van der Waals surface area contributed by atoms with Crippen molar-refractivity contribution in [3.63, 3.8) is 0 Å². The minimum absolute atomic E-state index is 0.295. The van der Waals surface area contributed by atoms with E-state index in [-0.39, 0.29) is 0 Å². The van der Waals surface area contributed by atoms with Crippen molar-refractivity contribution in [1.82, 2.24) is 19.7 Å². The molecule has 1 saturated heterocycles. The highest BCUT2D eigenvalue weighted by Gasteiger charge is 2.17. The Labute approximate surface area is 112 Å². The molecule has 6 nitrogen and oxygen atoms in total. The van der Waals surface area contributed by atoms with Gasteiger partial charge in [0.25, 0.3) is 0 Å². The molecule has 0 radical (unpaired) electrons. The first kappa shape index (κ1) is 12.3. The van der Waals surface area contributed by atoms with Gasteiger partial charge in [0.15, 0.2) is 5.82 Å². The van der Waals surface area contributed by atoms with E-state index < -0.39 is 0 Å². The van der Waals surface area contributed by atoms with Crippen LogP contribution in [0.3, 0.4) is 0 Å². The molecule has 19 heavy (non-hydrogen) atoms. The van der Waals surface area contributed by atoms with Crippen molar-refractivity contribution in [3.8, 4) is 0 Å². The fourth-order valence-corrected chi connectivity index (χ4v) is 2.54. The van der Waals surface area contributed by atoms with Crippen LogP contribution in [0, 0.1) is 6.92 Å². The lowest BCUT2D eigenvalue weighted by atomic mass is 10.2. The molecule has 0 saturated carbocycles. The molecule has 0 amide bonds. The Morgan fingerprint density at radius 2 is 2.37 bits per heavy atom. The second kappa shape index (κ2) is 5.13. The van der Waals surface area contributed by atoms with Gasteiger partial charge in [-0.2, -0.15) is 5.10 Å². The number of hydrogen-bond donors (Lipinski definition) is 1. The van der Waals surface area contributed by atoms with E-state index in [0.29, 0.717) is 6.10 Å². The summed E-state index contributed by atoms with van der Waals surface area (Å²) in [6.45, 7) is 6.53. The van der Waals surface area contributed by atoms with E-state index in [0.717, 1.165) is 55.1 Å². The SMILES string of the molecule is CCn1nc(C)c2ncnc(NC[C@H]3CCCO3)c21. The number of anilines is 1. The number of aromatic nitrogens is 4. The average Bonchev–Trinajstić information content (AvgIpc) is 3.05. The van der Waals surface area contributed by atoms with Gasteiger partial charge in [-0.3, -0.25) is 4.68 Å². The van der Waals surface area contributed by atoms with E-state index in [4.69, 9.17) is 4.74 Å². The molecule has 1 N–H and O–H groups in total. The zero-order chi connectivity index (χ0) is 13.2. The molecule has 0 aliphatic carbocycles. The van der Waals surface area contributed by atoms with Crippen molar-refractivity contribution >= 4 is 16.9 Å². The Kier molecular flexibility index (Phi) is 3.33. The Bertz CT molecular complexity index is 574. The van der Waals surface area contributed by atoms with E-state index in [1.807, 2.05) is 11.6 Å². The van der Waals surface area contributed by atoms with E-state index in [2.05, 4.69) is 27.3 Å². The second-order valence-electron chi connectivity index (χ2n) is 4.84. The van der Waals surface area contributed by atoms with Gasteiger partial charge in [-0.25, -0.2) is 9.97 Å². The third-order valence-corrected chi connectivity index (χ3v) is 3.51. The van der Waals surface area contributed by atoms with Crippen molar-refractivity contribution in [1.29, 1.82) is 0 Å². The normalized spacial score (nSPS) is 19.2. The van der Waals surface area contributed by atoms with Crippen molar-refractivity contribution < 1.29 is 4.74 Å². The summed E-state index contributed by atoms with van der Waals surface area (Å²) in [6.07, 6.45) is 4.16. The maximum Gasteiger partial charge on any atom is 0.155 e. The summed E-state index contributed by atoms with van der Waals surface area (Å²) in [4.78, 5) is 8.68. The molecule has 0 bridgehead atoms. The monoisotopic (exact) mass is 261 g/mol. The van der Waals surface area contributed by atoms with Gasteiger partial charge in [0, 0.05) is 19.7 Å². The molecule has 102 valence electrons. The topological polar surface area (TPSA) is 64.9 Å². The van der Waals surface area contributed by atoms with Crippen LogP contribution in [0.2, 0.25) is 0 Å². The molecule has 3 heterocycles. The van der Waals surface area contributed by atoms with Gasteiger partial charge in [0.05, 0.1) is 11.8 Å². The number of ether oxygens (including phenoxy) is 1. The summed E-state index contributed by atoms with van der Waals surface area (Å²) < 4.78 is 7.57. The number of aryl methyl sites for hydroxylation is 2. The third-order valence-electron chi connectivity index (χ3n) is 3.51. The van der Waals surface area contributed by atoms with E-state index >= 15 is 0 Å². The Hall–Kier alpha value is -1.69. The predicted molar refractivity (Wildman–Crippen MR) is 73.2 cm³/mol. The maximum atomic E-state index is 5.62. The molecule has 2 aromatic heterocycles. The lowest BCUT2D eigenvalue weighted by Gasteiger charge is -2.12. The van der Waals surface area contributed by atoms with Gasteiger partial charge in [-0.15, -0.1) is 0 Å². The van der Waals surface area contributed by atoms with Gasteiger partial charge in [0.1, 0.15) is 17.4 Å². The number of rotatable bonds is 4. The lowest BCUT2D eigenvalue weighted by molar-refractivity contribution is 0.120. The lowest BCUT2D eigenvalue weighted by Crippen LogP contribution is -2.19. The van der Waals surface area contributed by atoms with Crippen LogP contribution >= 0.6 is 0 Å². The summed E-state index contributed by atoms with van der Waals surface area (Å²) in [6, 6.07) is 0. The Morgan fingerprint density at radius 3 is 3.11 bits per heavy atom. The number of nitrogens with one attached hydrogen (secondary N) is 1. The maximum absolute atomic E-state index is 5.62. The molecule has 2 aromatic rings. The number of nitrogens with zero attached hydrogens (tertiary/aromatic N) is 4. The molecule has 0 aromatic carbocycles. The highest BCUT2D eigenvalue weighted by molar-refractivity contribution is 5.87. The van der Waals surface area contributed by atoms with Gasteiger partial charge in [0.2, 0.25) is 0 Å². The van der Waals surface area contributed by atoms with Crippen LogP contribution in [0.25, 0.3) is 11.0 Å². The van der Waals surface area contributed by atoms with Crippen molar-refractivity contribution in [2.75, 3.05) is 18.5 Å². The smallest absolute Gasteiger partial charge is 0.155 e. The zero-order valence-corrected chi connectivity index (χ0v) is 11.4. The molecule has 1 aliphatic heterocycles. The van der Waals surface area contributed by atoms with E-state index in [1.54, 1.807) is 6.33 Å². The summed E-state index contributed by atoms with van der Waals surface area (Å²) in [5.74, 6) is 0.850. The molecule has 1 aliphatic rings. The van der Waals surface area contributed by atoms with Crippen LogP contribution in [0.15, 0.2) is 6.33 Å². The van der Waals surface area contributed by atoms with Gasteiger partial charge < -0.3 is 10.1 Å². The highest BCUT2D eigenvalue weighted by Crippen LogP contribution is 2.22. The van der Waals surface area contributed by atoms with Crippen LogP contribution in [0.1, 0.15) is 25.5 Å². The Morgan fingerprint density at radius 1 is 1.47 bits per heavy atom. The van der Waals surface area contributed by atoms with Gasteiger partial charge in [-0.05, 0) is 26.7 Å². The van der Waals surface area contributed by atoms with Crippen LogP contribution in [0.4, 0.5) is 5.82 Å². The summed E-state index contributed by atoms with van der Waals surface area (Å²) >= 11 is 0. The minimum Gasteiger partial charge on any atom is -0.376 e. The van der Waals surface area contributed by atoms with E-state index in [9.17, 15) is 0 Å². The molecule has 6 heteroatoms. The molecule has 0 unspecified atom stereocenters. The molecule has 1 fully saturated rings. The quantitative estimate of drug-likeness (QED) is 0.908. The standard InChI is InChI=1S/C13H19N5O/c1-3-18-12-11(9(2)17-18)15-8-16-13(12)14-7-10-5-4-6-19-10/h8,10H,3-7H2,1-2H3,(H,14,15,16)/t10-/m1/s1. The van der Waals surface area contributed by atoms with Crippen molar-refractivity contribution in [3.05, 3.63) is 12.0 Å². The molecular weight excluding hydrogens is 242 g/mol. The first-order valence-corrected chi connectivity index (χ1v) is 6.83. The average molecular weight is 261 g/mol. The predicted octanol–water partition coefficient (Wildman–Crippen LogP) is 1.75. The van der Waals surface area contributed by atoms with Crippen molar-refractivity contribution in [2.45, 2.75) is 39.3 Å². The van der Waals surface area contributed by atoms with Crippen molar-refractivity contribution in [2.24, 2.45) is 0 Å². The summed E-state index contributed by atoms with van der Waals surface area (Å²) in [5.41, 5.74) is 2.85. The second-order valence-corrected chi connectivity index (χ2v) is 4.84. The molecule has 0 spiro atoms. The first-order chi connectivity index (χ1) is 9.29. The highest BCUT2D eigenvalue weighted by atomic mass is 16.5. The molecular formula is C13H19N5O. The zero-order valence-electron chi connectivity index (χ0n) is 11.4. The minimum atomic E-state index is 0.295. The van der Waals surface area contributed by atoms with Crippen LogP contribution in [0.5, 0.6) is 0 Å². The van der Waals surface area contributed by atoms with Crippen LogP contribution in [-0.4, -0.2) is 39.0 Å². The third kappa shape index (κ3) is 2.28. The van der Waals surface area contributed by atoms with E-state index in [1.165, 1.54) is 0 Å². The van der Waals surface area contributed by atoms with Gasteiger partial charge >= 0.3 is 0 Å². The first-order valence-electron chi connectivity index (χ1n) is 6.83. The van der Waals surface area contributed by atoms with Gasteiger partial charge in [-0.1, -0.05) is 0 Å². The largest absolute Gasteiger partial charge is 0.376 e. The summed E-state index contributed by atoms with van der Waals surface area (Å²) in [5, 5.41) is 7.87. The molecule has 1 atom stereocenters.